The molecule has 146 valence electrons. The van der Waals surface area contributed by atoms with E-state index in [0.717, 1.165) is 0 Å². The van der Waals surface area contributed by atoms with Crippen LogP contribution in [0.4, 0.5) is 0 Å². The molecule has 5 aromatic rings. The molecule has 0 saturated carbocycles. The maximum Gasteiger partial charge on any atom is 0.218 e. The van der Waals surface area contributed by atoms with Gasteiger partial charge in [0.2, 0.25) is 5.69 Å². The quantitative estimate of drug-likeness (QED) is 0.281. The minimum absolute atomic E-state index is 0.505. The summed E-state index contributed by atoms with van der Waals surface area (Å²) in [5.41, 5.74) is 6.28. The maximum atomic E-state index is 3.98. The molecule has 0 saturated heterocycles. The smallest absolute Gasteiger partial charge is 0.211 e. The van der Waals surface area contributed by atoms with Gasteiger partial charge in [-0.05, 0) is 63.7 Å². The molecule has 1 N–H and O–H groups in total. The van der Waals surface area contributed by atoms with E-state index >= 15 is 0 Å². The lowest BCUT2D eigenvalue weighted by Gasteiger charge is -2.11. The van der Waals surface area contributed by atoms with E-state index in [1.165, 1.54) is 60.3 Å². The Balaban J connectivity index is 1.82. The number of nitrogens with one attached hydrogen (secondary N) is 1. The molecule has 4 aromatic carbocycles. The number of hydrogen-bond acceptors (Lipinski definition) is 0. The second-order valence-electron chi connectivity index (χ2n) is 8.47. The van der Waals surface area contributed by atoms with Crippen molar-refractivity contribution in [3.8, 4) is 11.3 Å². The average Bonchev–Trinajstić information content (AvgIpc) is 2.77. The minimum Gasteiger partial charge on any atom is -0.211 e. The van der Waals surface area contributed by atoms with Crippen LogP contribution < -0.4 is 4.98 Å². The van der Waals surface area contributed by atoms with Crippen molar-refractivity contribution < 1.29 is 4.98 Å². The number of pyridine rings is 1. The van der Waals surface area contributed by atoms with Gasteiger partial charge in [0, 0.05) is 17.0 Å². The summed E-state index contributed by atoms with van der Waals surface area (Å²) < 4.78 is 0. The third kappa shape index (κ3) is 2.90. The van der Waals surface area contributed by atoms with Gasteiger partial charge in [-0.1, -0.05) is 74.5 Å². The van der Waals surface area contributed by atoms with Crippen LogP contribution in [0.1, 0.15) is 36.5 Å². The number of fused-ring (bicyclic) bond motifs is 5. The summed E-state index contributed by atoms with van der Waals surface area (Å²) in [6.07, 6.45) is 4.01. The number of benzene rings is 4. The van der Waals surface area contributed by atoms with E-state index in [4.69, 9.17) is 0 Å². The van der Waals surface area contributed by atoms with Crippen LogP contribution in [0.2, 0.25) is 0 Å². The SMILES string of the molecule is C=Cc1cccc2c1ccc1c3cc[nH+]c(-c4cc(C)cc(C(C)C)c4)c3ccc21. The molecule has 5 rings (SSSR count). The van der Waals surface area contributed by atoms with Crippen LogP contribution in [0.25, 0.3) is 49.7 Å². The number of aromatic amines is 1. The highest BCUT2D eigenvalue weighted by Crippen LogP contribution is 2.35. The molecule has 1 heteroatoms. The van der Waals surface area contributed by atoms with Crippen LogP contribution in [0.5, 0.6) is 0 Å². The van der Waals surface area contributed by atoms with Crippen molar-refractivity contribution >= 4 is 38.4 Å². The summed E-state index contributed by atoms with van der Waals surface area (Å²) >= 11 is 0. The van der Waals surface area contributed by atoms with Crippen LogP contribution >= 0.6 is 0 Å². The molecular formula is C29H26N+. The first-order valence-electron chi connectivity index (χ1n) is 10.6. The third-order valence-corrected chi connectivity index (χ3v) is 6.16. The highest BCUT2D eigenvalue weighted by atomic mass is 14.7. The van der Waals surface area contributed by atoms with Gasteiger partial charge in [-0.25, -0.2) is 4.98 Å². The van der Waals surface area contributed by atoms with E-state index in [1.807, 2.05) is 6.08 Å². The van der Waals surface area contributed by atoms with E-state index in [1.54, 1.807) is 0 Å². The molecule has 0 aliphatic heterocycles. The maximum absolute atomic E-state index is 3.98. The van der Waals surface area contributed by atoms with E-state index in [-0.39, 0.29) is 0 Å². The fourth-order valence-corrected chi connectivity index (χ4v) is 4.61. The van der Waals surface area contributed by atoms with Gasteiger partial charge >= 0.3 is 0 Å². The molecule has 0 radical (unpaired) electrons. The first-order chi connectivity index (χ1) is 14.6. The summed E-state index contributed by atoms with van der Waals surface area (Å²) in [6, 6.07) is 24.6. The second kappa shape index (κ2) is 7.11. The van der Waals surface area contributed by atoms with Gasteiger partial charge < -0.3 is 0 Å². The van der Waals surface area contributed by atoms with E-state index in [2.05, 4.69) is 105 Å². The fourth-order valence-electron chi connectivity index (χ4n) is 4.61. The van der Waals surface area contributed by atoms with Crippen LogP contribution in [0.15, 0.2) is 79.5 Å². The topological polar surface area (TPSA) is 14.1 Å². The Hall–Kier alpha value is -3.45. The summed E-state index contributed by atoms with van der Waals surface area (Å²) in [5, 5.41) is 7.63. The zero-order valence-electron chi connectivity index (χ0n) is 17.8. The molecule has 0 amide bonds. The van der Waals surface area contributed by atoms with Crippen molar-refractivity contribution in [3.63, 3.8) is 0 Å². The molecule has 0 bridgehead atoms. The number of rotatable bonds is 3. The number of aryl methyl sites for hydroxylation is 1. The molecule has 1 nitrogen and oxygen atoms in total. The summed E-state index contributed by atoms with van der Waals surface area (Å²) in [4.78, 5) is 3.53. The molecule has 0 unspecified atom stereocenters. The fraction of sp³-hybridized carbons (Fsp3) is 0.138. The monoisotopic (exact) mass is 388 g/mol. The Bertz CT molecular complexity index is 1440. The van der Waals surface area contributed by atoms with Crippen LogP contribution in [0.3, 0.4) is 0 Å². The average molecular weight is 389 g/mol. The van der Waals surface area contributed by atoms with Gasteiger partial charge in [0.15, 0.2) is 6.20 Å². The van der Waals surface area contributed by atoms with Gasteiger partial charge in [-0.3, -0.25) is 0 Å². The Morgan fingerprint density at radius 1 is 0.767 bits per heavy atom. The lowest BCUT2D eigenvalue weighted by atomic mass is 9.92. The largest absolute Gasteiger partial charge is 0.218 e. The first kappa shape index (κ1) is 18.6. The lowest BCUT2D eigenvalue weighted by molar-refractivity contribution is -0.362. The lowest BCUT2D eigenvalue weighted by Crippen LogP contribution is -2.07. The van der Waals surface area contributed by atoms with Crippen LogP contribution in [0, 0.1) is 6.92 Å². The highest BCUT2D eigenvalue weighted by molar-refractivity contribution is 6.19. The molecule has 0 atom stereocenters. The van der Waals surface area contributed by atoms with Gasteiger partial charge in [0.1, 0.15) is 0 Å². The van der Waals surface area contributed by atoms with Gasteiger partial charge in [-0.2, -0.15) is 0 Å². The van der Waals surface area contributed by atoms with Crippen LogP contribution in [-0.2, 0) is 0 Å². The molecule has 0 aliphatic carbocycles. The Morgan fingerprint density at radius 3 is 2.17 bits per heavy atom. The van der Waals surface area contributed by atoms with Crippen molar-refractivity contribution in [1.29, 1.82) is 0 Å². The van der Waals surface area contributed by atoms with E-state index in [0.29, 0.717) is 5.92 Å². The third-order valence-electron chi connectivity index (χ3n) is 6.16. The molecule has 0 fully saturated rings. The van der Waals surface area contributed by atoms with Gasteiger partial charge in [0.05, 0.1) is 5.39 Å². The Morgan fingerprint density at radius 2 is 1.43 bits per heavy atom. The van der Waals surface area contributed by atoms with Crippen molar-refractivity contribution in [2.24, 2.45) is 0 Å². The summed E-state index contributed by atoms with van der Waals surface area (Å²) in [6.45, 7) is 10.7. The summed E-state index contributed by atoms with van der Waals surface area (Å²) in [5.74, 6) is 0.505. The van der Waals surface area contributed by atoms with Crippen molar-refractivity contribution in [2.45, 2.75) is 26.7 Å². The predicted octanol–water partition coefficient (Wildman–Crippen LogP) is 7.70. The zero-order valence-corrected chi connectivity index (χ0v) is 17.8. The normalized spacial score (nSPS) is 11.6. The van der Waals surface area contributed by atoms with E-state index < -0.39 is 0 Å². The summed E-state index contributed by atoms with van der Waals surface area (Å²) in [7, 11) is 0. The second-order valence-corrected chi connectivity index (χ2v) is 8.47. The first-order valence-corrected chi connectivity index (χ1v) is 10.6. The molecular weight excluding hydrogens is 362 g/mol. The molecule has 0 spiro atoms. The number of hydrogen-bond donors (Lipinski definition) is 0. The molecule has 0 aliphatic rings. The van der Waals surface area contributed by atoms with Crippen molar-refractivity contribution in [3.05, 3.63) is 96.2 Å². The number of aromatic nitrogens is 1. The zero-order chi connectivity index (χ0) is 20.8. The Labute approximate surface area is 177 Å². The minimum atomic E-state index is 0.505. The van der Waals surface area contributed by atoms with Crippen molar-refractivity contribution in [1.82, 2.24) is 0 Å². The highest BCUT2D eigenvalue weighted by Gasteiger charge is 2.16. The van der Waals surface area contributed by atoms with Crippen molar-refractivity contribution in [2.75, 3.05) is 0 Å². The molecule has 1 aromatic heterocycles. The Kier molecular flexibility index (Phi) is 4.40. The van der Waals surface area contributed by atoms with Gasteiger partial charge in [0.25, 0.3) is 0 Å². The predicted molar refractivity (Wildman–Crippen MR) is 130 cm³/mol. The van der Waals surface area contributed by atoms with Gasteiger partial charge in [-0.15, -0.1) is 0 Å². The molecule has 30 heavy (non-hydrogen) atoms. The standard InChI is InChI=1S/C29H25N/c1-5-20-7-6-8-24-23(20)9-10-26-25(24)11-12-28-27(26)13-14-30-29(28)22-16-19(4)15-21(17-22)18(2)3/h5-18H,1H2,2-4H3/p+1. The van der Waals surface area contributed by atoms with E-state index in [9.17, 15) is 0 Å². The number of H-pyrrole nitrogens is 1. The molecule has 1 heterocycles. The van der Waals surface area contributed by atoms with Crippen LogP contribution in [-0.4, -0.2) is 0 Å².